The Morgan fingerprint density at radius 2 is 2.33 bits per heavy atom. The Morgan fingerprint density at radius 1 is 1.47 bits per heavy atom. The molecule has 3 nitrogen and oxygen atoms in total. The van der Waals surface area contributed by atoms with Crippen LogP contribution in [0.5, 0.6) is 0 Å². The maximum absolute atomic E-state index is 6.02. The lowest BCUT2D eigenvalue weighted by Gasteiger charge is -2.06. The molecule has 0 unspecified atom stereocenters. The number of aromatic nitrogens is 2. The molecule has 1 aromatic carbocycles. The first-order valence-corrected chi connectivity index (χ1v) is 6.21. The maximum Gasteiger partial charge on any atom is 0.0946 e. The topological polar surface area (TPSA) is 37.8 Å². The van der Waals surface area contributed by atoms with Crippen LogP contribution < -0.4 is 5.32 Å². The summed E-state index contributed by atoms with van der Waals surface area (Å²) < 4.78 is 4.78. The van der Waals surface area contributed by atoms with Crippen LogP contribution in [0.1, 0.15) is 5.69 Å². The molecule has 1 heterocycles. The van der Waals surface area contributed by atoms with Crippen LogP contribution in [-0.4, -0.2) is 9.59 Å². The van der Waals surface area contributed by atoms with E-state index in [9.17, 15) is 0 Å². The molecule has 1 N–H and O–H groups in total. The third-order valence-electron chi connectivity index (χ3n) is 1.79. The van der Waals surface area contributed by atoms with Gasteiger partial charge in [-0.3, -0.25) is 0 Å². The molecule has 0 amide bonds. The van der Waals surface area contributed by atoms with E-state index in [0.29, 0.717) is 11.6 Å². The second-order valence-corrected chi connectivity index (χ2v) is 4.81. The highest BCUT2D eigenvalue weighted by atomic mass is 79.9. The van der Waals surface area contributed by atoms with E-state index in [-0.39, 0.29) is 0 Å². The van der Waals surface area contributed by atoms with Crippen molar-refractivity contribution < 1.29 is 0 Å². The lowest BCUT2D eigenvalue weighted by molar-refractivity contribution is 0.999. The van der Waals surface area contributed by atoms with Crippen LogP contribution in [0.15, 0.2) is 28.1 Å². The Morgan fingerprint density at radius 3 is 3.07 bits per heavy atom. The molecule has 0 fully saturated rings. The summed E-state index contributed by atoms with van der Waals surface area (Å²) in [5.74, 6) is 0. The van der Waals surface area contributed by atoms with E-state index < -0.39 is 0 Å². The van der Waals surface area contributed by atoms with E-state index in [1.54, 1.807) is 0 Å². The standard InChI is InChI=1S/C9H7BrClN3S/c10-6-1-2-8(11)9(3-6)12-4-7-5-15-14-13-7/h1-3,5,12H,4H2. The highest BCUT2D eigenvalue weighted by Crippen LogP contribution is 2.25. The molecular weight excluding hydrogens is 298 g/mol. The fourth-order valence-electron chi connectivity index (χ4n) is 1.08. The summed E-state index contributed by atoms with van der Waals surface area (Å²) in [6, 6.07) is 5.67. The Balaban J connectivity index is 2.07. The molecule has 0 atom stereocenters. The lowest BCUT2D eigenvalue weighted by Crippen LogP contribution is -2.00. The van der Waals surface area contributed by atoms with E-state index in [4.69, 9.17) is 11.6 Å². The SMILES string of the molecule is Clc1ccc(Br)cc1NCc1csnn1. The van der Waals surface area contributed by atoms with E-state index in [1.165, 1.54) is 11.5 Å². The predicted molar refractivity (Wildman–Crippen MR) is 66.4 cm³/mol. The predicted octanol–water partition coefficient (Wildman–Crippen LogP) is 3.57. The minimum atomic E-state index is 0.632. The zero-order valence-corrected chi connectivity index (χ0v) is 10.7. The van der Waals surface area contributed by atoms with Crippen molar-refractivity contribution in [2.24, 2.45) is 0 Å². The van der Waals surface area contributed by atoms with Gasteiger partial charge in [0.1, 0.15) is 0 Å². The van der Waals surface area contributed by atoms with Gasteiger partial charge in [-0.1, -0.05) is 32.0 Å². The van der Waals surface area contributed by atoms with Crippen LogP contribution >= 0.6 is 39.1 Å². The second kappa shape index (κ2) is 4.92. The van der Waals surface area contributed by atoms with Gasteiger partial charge >= 0.3 is 0 Å². The molecule has 6 heteroatoms. The first-order valence-electron chi connectivity index (χ1n) is 4.20. The third-order valence-corrected chi connectivity index (χ3v) is 3.17. The van der Waals surface area contributed by atoms with Crippen molar-refractivity contribution >= 4 is 44.8 Å². The molecule has 0 aliphatic rings. The van der Waals surface area contributed by atoms with Crippen LogP contribution in [0.25, 0.3) is 0 Å². The van der Waals surface area contributed by atoms with Crippen LogP contribution in [0.3, 0.4) is 0 Å². The number of rotatable bonds is 3. The molecule has 0 radical (unpaired) electrons. The fraction of sp³-hybridized carbons (Fsp3) is 0.111. The average molecular weight is 305 g/mol. The number of nitrogens with zero attached hydrogens (tertiary/aromatic N) is 2. The molecule has 2 aromatic rings. The summed E-state index contributed by atoms with van der Waals surface area (Å²) in [6.07, 6.45) is 0. The van der Waals surface area contributed by atoms with Gasteiger partial charge in [0.15, 0.2) is 0 Å². The number of hydrogen-bond acceptors (Lipinski definition) is 4. The normalized spacial score (nSPS) is 10.3. The van der Waals surface area contributed by atoms with E-state index in [2.05, 4.69) is 30.8 Å². The minimum absolute atomic E-state index is 0.632. The zero-order chi connectivity index (χ0) is 10.7. The monoisotopic (exact) mass is 303 g/mol. The zero-order valence-electron chi connectivity index (χ0n) is 7.58. The van der Waals surface area contributed by atoms with Crippen molar-refractivity contribution in [3.63, 3.8) is 0 Å². The molecule has 0 saturated carbocycles. The van der Waals surface area contributed by atoms with Crippen molar-refractivity contribution in [3.8, 4) is 0 Å². The Bertz CT molecular complexity index is 447. The number of nitrogens with one attached hydrogen (secondary N) is 1. The molecule has 15 heavy (non-hydrogen) atoms. The number of anilines is 1. The van der Waals surface area contributed by atoms with Crippen molar-refractivity contribution in [2.45, 2.75) is 6.54 Å². The number of hydrogen-bond donors (Lipinski definition) is 1. The molecule has 0 spiro atoms. The summed E-state index contributed by atoms with van der Waals surface area (Å²) in [5.41, 5.74) is 1.80. The van der Waals surface area contributed by atoms with Gasteiger partial charge in [-0.25, -0.2) is 0 Å². The smallest absolute Gasteiger partial charge is 0.0946 e. The lowest BCUT2D eigenvalue weighted by atomic mass is 10.3. The van der Waals surface area contributed by atoms with Gasteiger partial charge in [-0.2, -0.15) is 0 Å². The second-order valence-electron chi connectivity index (χ2n) is 2.87. The average Bonchev–Trinajstić information content (AvgIpc) is 2.72. The maximum atomic E-state index is 6.02. The Labute approximate surface area is 105 Å². The highest BCUT2D eigenvalue weighted by Gasteiger charge is 2.01. The molecule has 0 saturated heterocycles. The molecule has 2 rings (SSSR count). The van der Waals surface area contributed by atoms with Gasteiger partial charge in [0.25, 0.3) is 0 Å². The van der Waals surface area contributed by atoms with E-state index >= 15 is 0 Å². The van der Waals surface area contributed by atoms with E-state index in [0.717, 1.165) is 15.9 Å². The van der Waals surface area contributed by atoms with Crippen molar-refractivity contribution in [3.05, 3.63) is 38.8 Å². The van der Waals surface area contributed by atoms with Crippen molar-refractivity contribution in [1.29, 1.82) is 0 Å². The fourth-order valence-corrected chi connectivity index (χ4v) is 2.08. The van der Waals surface area contributed by atoms with Gasteiger partial charge in [0.05, 0.1) is 22.9 Å². The van der Waals surface area contributed by atoms with Gasteiger partial charge in [-0.15, -0.1) is 5.10 Å². The summed E-state index contributed by atoms with van der Waals surface area (Å²) >= 11 is 10.7. The van der Waals surface area contributed by atoms with Crippen LogP contribution in [0.4, 0.5) is 5.69 Å². The first-order chi connectivity index (χ1) is 7.25. The van der Waals surface area contributed by atoms with Gasteiger partial charge in [-0.05, 0) is 29.7 Å². The number of benzene rings is 1. The van der Waals surface area contributed by atoms with Gasteiger partial charge < -0.3 is 5.32 Å². The third kappa shape index (κ3) is 2.90. The van der Waals surface area contributed by atoms with Gasteiger partial charge in [0, 0.05) is 9.85 Å². The molecule has 0 aliphatic heterocycles. The number of halogens is 2. The molecule has 0 aliphatic carbocycles. The minimum Gasteiger partial charge on any atom is -0.378 e. The molecule has 1 aromatic heterocycles. The Kier molecular flexibility index (Phi) is 3.56. The molecule has 78 valence electrons. The van der Waals surface area contributed by atoms with Crippen LogP contribution in [-0.2, 0) is 6.54 Å². The van der Waals surface area contributed by atoms with Crippen molar-refractivity contribution in [2.75, 3.05) is 5.32 Å². The molecule has 0 bridgehead atoms. The summed E-state index contributed by atoms with van der Waals surface area (Å²) in [7, 11) is 0. The summed E-state index contributed by atoms with van der Waals surface area (Å²) in [4.78, 5) is 0. The Hall–Kier alpha value is -0.650. The van der Waals surface area contributed by atoms with Crippen molar-refractivity contribution in [1.82, 2.24) is 9.59 Å². The summed E-state index contributed by atoms with van der Waals surface area (Å²) in [5, 5.41) is 9.73. The molecular formula is C9H7BrClN3S. The van der Waals surface area contributed by atoms with E-state index in [1.807, 2.05) is 23.6 Å². The van der Waals surface area contributed by atoms with Crippen LogP contribution in [0.2, 0.25) is 5.02 Å². The summed E-state index contributed by atoms with van der Waals surface area (Å²) in [6.45, 7) is 0.632. The van der Waals surface area contributed by atoms with Crippen LogP contribution in [0, 0.1) is 0 Å². The quantitative estimate of drug-likeness (QED) is 0.942. The largest absolute Gasteiger partial charge is 0.378 e. The van der Waals surface area contributed by atoms with Gasteiger partial charge in [0.2, 0.25) is 0 Å². The first kappa shape index (κ1) is 10.9. The highest BCUT2D eigenvalue weighted by molar-refractivity contribution is 9.10.